The first kappa shape index (κ1) is 14.1. The minimum Gasteiger partial charge on any atom is -0.542 e. The molecule has 0 heterocycles. The molecule has 0 bridgehead atoms. The summed E-state index contributed by atoms with van der Waals surface area (Å²) in [6, 6.07) is 4.06. The number of rotatable bonds is 2. The highest BCUT2D eigenvalue weighted by Gasteiger charge is 2.39. The third-order valence-corrected chi connectivity index (χ3v) is 8.14. The summed E-state index contributed by atoms with van der Waals surface area (Å²) >= 11 is 0. The maximum absolute atomic E-state index is 6.25. The van der Waals surface area contributed by atoms with Crippen LogP contribution < -0.4 is 10.2 Å². The van der Waals surface area contributed by atoms with Gasteiger partial charge in [-0.15, -0.1) is 0 Å². The Morgan fingerprint density at radius 2 is 1.53 bits per heavy atom. The Kier molecular flexibility index (Phi) is 3.62. The predicted octanol–water partition coefficient (Wildman–Crippen LogP) is 4.27. The van der Waals surface area contributed by atoms with Crippen molar-refractivity contribution in [2.24, 2.45) is 0 Å². The van der Waals surface area contributed by atoms with Gasteiger partial charge in [0, 0.05) is 0 Å². The fraction of sp³-hybridized carbons (Fsp3) is 0.571. The number of anilines is 1. The van der Waals surface area contributed by atoms with Gasteiger partial charge in [0.2, 0.25) is 0 Å². The topological polar surface area (TPSA) is 35.2 Å². The lowest BCUT2D eigenvalue weighted by Crippen LogP contribution is -2.44. The van der Waals surface area contributed by atoms with Crippen LogP contribution in [0.4, 0.5) is 5.69 Å². The molecule has 0 atom stereocenters. The zero-order valence-corrected chi connectivity index (χ0v) is 13.1. The standard InChI is InChI=1S/C14H25NOSi/c1-10-8-12(15)13(9-11(10)2)16-17(6,7)14(3,4)5/h8-9H,15H2,1-7H3. The molecule has 2 nitrogen and oxygen atoms in total. The molecule has 1 aromatic carbocycles. The third-order valence-electron chi connectivity index (χ3n) is 3.80. The molecule has 0 saturated carbocycles. The molecule has 0 unspecified atom stereocenters. The van der Waals surface area contributed by atoms with E-state index < -0.39 is 8.32 Å². The normalized spacial score (nSPS) is 12.6. The van der Waals surface area contributed by atoms with Crippen LogP contribution in [0.15, 0.2) is 12.1 Å². The zero-order valence-electron chi connectivity index (χ0n) is 12.1. The lowest BCUT2D eigenvalue weighted by molar-refractivity contribution is 0.493. The van der Waals surface area contributed by atoms with Crippen LogP contribution in [0.2, 0.25) is 18.1 Å². The van der Waals surface area contributed by atoms with E-state index in [0.29, 0.717) is 0 Å². The van der Waals surface area contributed by atoms with E-state index in [0.717, 1.165) is 11.4 Å². The molecule has 0 saturated heterocycles. The molecule has 0 aliphatic heterocycles. The highest BCUT2D eigenvalue weighted by Crippen LogP contribution is 2.39. The van der Waals surface area contributed by atoms with Crippen molar-refractivity contribution in [1.82, 2.24) is 0 Å². The first-order valence-electron chi connectivity index (χ1n) is 6.10. The van der Waals surface area contributed by atoms with Gasteiger partial charge in [0.25, 0.3) is 8.32 Å². The van der Waals surface area contributed by atoms with Crippen LogP contribution in [0.3, 0.4) is 0 Å². The Balaban J connectivity index is 3.08. The lowest BCUT2D eigenvalue weighted by atomic mass is 10.1. The van der Waals surface area contributed by atoms with Crippen molar-refractivity contribution in [3.63, 3.8) is 0 Å². The Hall–Kier alpha value is -0.963. The van der Waals surface area contributed by atoms with Gasteiger partial charge in [0.15, 0.2) is 0 Å². The second-order valence-electron chi connectivity index (χ2n) is 6.34. The molecule has 17 heavy (non-hydrogen) atoms. The smallest absolute Gasteiger partial charge is 0.250 e. The van der Waals surface area contributed by atoms with Gasteiger partial charge in [0.1, 0.15) is 5.75 Å². The second kappa shape index (κ2) is 4.37. The van der Waals surface area contributed by atoms with E-state index in [2.05, 4.69) is 53.8 Å². The monoisotopic (exact) mass is 251 g/mol. The first-order chi connectivity index (χ1) is 7.54. The van der Waals surface area contributed by atoms with E-state index >= 15 is 0 Å². The van der Waals surface area contributed by atoms with Crippen LogP contribution in [0.1, 0.15) is 31.9 Å². The molecule has 0 amide bonds. The van der Waals surface area contributed by atoms with Crippen LogP contribution in [0, 0.1) is 13.8 Å². The number of hydrogen-bond donors (Lipinski definition) is 1. The predicted molar refractivity (Wildman–Crippen MR) is 78.2 cm³/mol. The molecule has 2 N–H and O–H groups in total. The van der Waals surface area contributed by atoms with Gasteiger partial charge < -0.3 is 10.2 Å². The van der Waals surface area contributed by atoms with E-state index in [4.69, 9.17) is 10.2 Å². The largest absolute Gasteiger partial charge is 0.542 e. The molecule has 0 spiro atoms. The summed E-state index contributed by atoms with van der Waals surface area (Å²) in [6.45, 7) is 15.3. The highest BCUT2D eigenvalue weighted by molar-refractivity contribution is 6.74. The van der Waals surface area contributed by atoms with Crippen molar-refractivity contribution < 1.29 is 4.43 Å². The maximum Gasteiger partial charge on any atom is 0.250 e. The van der Waals surface area contributed by atoms with E-state index in [1.54, 1.807) is 0 Å². The number of nitrogens with two attached hydrogens (primary N) is 1. The number of aryl methyl sites for hydroxylation is 2. The maximum atomic E-state index is 6.25. The molecular formula is C14H25NOSi. The van der Waals surface area contributed by atoms with Crippen molar-refractivity contribution in [3.8, 4) is 5.75 Å². The molecule has 96 valence electrons. The zero-order chi connectivity index (χ0) is 13.4. The molecule has 0 radical (unpaired) electrons. The van der Waals surface area contributed by atoms with Crippen LogP contribution >= 0.6 is 0 Å². The van der Waals surface area contributed by atoms with Crippen molar-refractivity contribution >= 4 is 14.0 Å². The minimum atomic E-state index is -1.80. The van der Waals surface area contributed by atoms with Crippen LogP contribution in [-0.4, -0.2) is 8.32 Å². The van der Waals surface area contributed by atoms with Gasteiger partial charge in [-0.3, -0.25) is 0 Å². The Morgan fingerprint density at radius 1 is 1.06 bits per heavy atom. The van der Waals surface area contributed by atoms with Gasteiger partial charge in [-0.1, -0.05) is 20.8 Å². The van der Waals surface area contributed by atoms with Crippen molar-refractivity contribution in [2.45, 2.75) is 52.8 Å². The molecular weight excluding hydrogens is 226 g/mol. The average Bonchev–Trinajstić information content (AvgIpc) is 2.12. The molecule has 3 heteroatoms. The van der Waals surface area contributed by atoms with Crippen molar-refractivity contribution in [2.75, 3.05) is 5.73 Å². The third kappa shape index (κ3) is 3.03. The average molecular weight is 251 g/mol. The molecule has 1 aromatic rings. The van der Waals surface area contributed by atoms with Gasteiger partial charge >= 0.3 is 0 Å². The molecule has 1 rings (SSSR count). The van der Waals surface area contributed by atoms with Crippen molar-refractivity contribution in [3.05, 3.63) is 23.3 Å². The van der Waals surface area contributed by atoms with E-state index in [-0.39, 0.29) is 5.04 Å². The fourth-order valence-electron chi connectivity index (χ4n) is 1.33. The number of hydrogen-bond acceptors (Lipinski definition) is 2. The van der Waals surface area contributed by atoms with Crippen LogP contribution in [-0.2, 0) is 0 Å². The van der Waals surface area contributed by atoms with Crippen LogP contribution in [0.5, 0.6) is 5.75 Å². The quantitative estimate of drug-likeness (QED) is 0.629. The van der Waals surface area contributed by atoms with E-state index in [9.17, 15) is 0 Å². The van der Waals surface area contributed by atoms with Crippen molar-refractivity contribution in [1.29, 1.82) is 0 Å². The summed E-state index contributed by atoms with van der Waals surface area (Å²) in [7, 11) is -1.80. The Labute approximate surface area is 106 Å². The molecule has 0 aliphatic rings. The molecule has 0 aromatic heterocycles. The number of benzene rings is 1. The summed E-state index contributed by atoms with van der Waals surface area (Å²) in [6.07, 6.45) is 0. The lowest BCUT2D eigenvalue weighted by Gasteiger charge is -2.37. The molecule has 0 fully saturated rings. The van der Waals surface area contributed by atoms with Gasteiger partial charge in [0.05, 0.1) is 5.69 Å². The van der Waals surface area contributed by atoms with Crippen LogP contribution in [0.25, 0.3) is 0 Å². The summed E-state index contributed by atoms with van der Waals surface area (Å²) in [5.41, 5.74) is 9.23. The summed E-state index contributed by atoms with van der Waals surface area (Å²) < 4.78 is 6.25. The Morgan fingerprint density at radius 3 is 2.00 bits per heavy atom. The summed E-state index contributed by atoms with van der Waals surface area (Å²) in [5, 5.41) is 0.193. The molecule has 0 aliphatic carbocycles. The van der Waals surface area contributed by atoms with Gasteiger partial charge in [-0.25, -0.2) is 0 Å². The summed E-state index contributed by atoms with van der Waals surface area (Å²) in [4.78, 5) is 0. The Bertz CT molecular complexity index is 419. The highest BCUT2D eigenvalue weighted by atomic mass is 28.4. The summed E-state index contributed by atoms with van der Waals surface area (Å²) in [5.74, 6) is 0.847. The first-order valence-corrected chi connectivity index (χ1v) is 9.01. The van der Waals surface area contributed by atoms with Gasteiger partial charge in [-0.05, 0) is 55.2 Å². The van der Waals surface area contributed by atoms with E-state index in [1.807, 2.05) is 6.07 Å². The fourth-order valence-corrected chi connectivity index (χ4v) is 2.36. The SMILES string of the molecule is Cc1cc(N)c(O[Si](C)(C)C(C)(C)C)cc1C. The second-order valence-corrected chi connectivity index (χ2v) is 11.1. The van der Waals surface area contributed by atoms with Gasteiger partial charge in [-0.2, -0.15) is 0 Å². The minimum absolute atomic E-state index is 0.193. The number of nitrogen functional groups attached to an aromatic ring is 1. The van der Waals surface area contributed by atoms with E-state index in [1.165, 1.54) is 11.1 Å².